The second-order valence-corrected chi connectivity index (χ2v) is 3.77. The molecule has 3 N–H and O–H groups in total. The second-order valence-electron chi connectivity index (χ2n) is 3.77. The highest BCUT2D eigenvalue weighted by Gasteiger charge is 2.11. The topological polar surface area (TPSA) is 56.5 Å². The molecule has 2 rings (SSSR count). The number of benzene rings is 1. The molecule has 0 spiro atoms. The molecule has 4 nitrogen and oxygen atoms in total. The first-order valence-corrected chi connectivity index (χ1v) is 5.69. The molecule has 16 heavy (non-hydrogen) atoms. The molecule has 0 fully saturated rings. The molecule has 0 saturated heterocycles. The minimum absolute atomic E-state index is 0.641. The standard InChI is InChI=1S/C12H18N2O2/c13-4-6-14-5-3-10-1-2-11-12(9-10)16-8-7-15-11/h1-2,9,14H,3-8,13H2. The van der Waals surface area contributed by atoms with Crippen LogP contribution in [-0.2, 0) is 6.42 Å². The zero-order chi connectivity index (χ0) is 11.2. The fraction of sp³-hybridized carbons (Fsp3) is 0.500. The molecule has 0 unspecified atom stereocenters. The van der Waals surface area contributed by atoms with Crippen molar-refractivity contribution >= 4 is 0 Å². The van der Waals surface area contributed by atoms with Gasteiger partial charge in [0.2, 0.25) is 0 Å². The number of fused-ring (bicyclic) bond motifs is 1. The van der Waals surface area contributed by atoms with Crippen LogP contribution < -0.4 is 20.5 Å². The van der Waals surface area contributed by atoms with Crippen molar-refractivity contribution in [2.45, 2.75) is 6.42 Å². The number of ether oxygens (including phenoxy) is 2. The van der Waals surface area contributed by atoms with Crippen LogP contribution >= 0.6 is 0 Å². The van der Waals surface area contributed by atoms with Crippen LogP contribution in [0, 0.1) is 0 Å². The molecule has 0 saturated carbocycles. The van der Waals surface area contributed by atoms with E-state index < -0.39 is 0 Å². The van der Waals surface area contributed by atoms with Crippen LogP contribution in [0.15, 0.2) is 18.2 Å². The fourth-order valence-corrected chi connectivity index (χ4v) is 1.70. The molecule has 1 heterocycles. The summed E-state index contributed by atoms with van der Waals surface area (Å²) in [5, 5.41) is 3.27. The first kappa shape index (κ1) is 11.2. The van der Waals surface area contributed by atoms with Gasteiger partial charge in [-0.05, 0) is 30.7 Å². The minimum Gasteiger partial charge on any atom is -0.486 e. The molecule has 88 valence electrons. The van der Waals surface area contributed by atoms with Gasteiger partial charge in [0.25, 0.3) is 0 Å². The fourth-order valence-electron chi connectivity index (χ4n) is 1.70. The summed E-state index contributed by atoms with van der Waals surface area (Å²) in [6, 6.07) is 6.11. The predicted octanol–water partition coefficient (Wildman–Crippen LogP) is 0.549. The summed E-state index contributed by atoms with van der Waals surface area (Å²) in [6.45, 7) is 3.77. The summed E-state index contributed by atoms with van der Waals surface area (Å²) in [6.07, 6.45) is 0.983. The zero-order valence-electron chi connectivity index (χ0n) is 9.37. The summed E-state index contributed by atoms with van der Waals surface area (Å²) in [7, 11) is 0. The quantitative estimate of drug-likeness (QED) is 0.714. The number of nitrogens with two attached hydrogens (primary N) is 1. The molecule has 0 aromatic heterocycles. The number of rotatable bonds is 5. The molecule has 0 amide bonds. The van der Waals surface area contributed by atoms with Crippen LogP contribution in [0.4, 0.5) is 0 Å². The Morgan fingerprint density at radius 3 is 2.75 bits per heavy atom. The maximum Gasteiger partial charge on any atom is 0.161 e. The van der Waals surface area contributed by atoms with E-state index in [-0.39, 0.29) is 0 Å². The van der Waals surface area contributed by atoms with E-state index in [4.69, 9.17) is 15.2 Å². The smallest absolute Gasteiger partial charge is 0.161 e. The Hall–Kier alpha value is -1.26. The summed E-state index contributed by atoms with van der Waals surface area (Å²) >= 11 is 0. The molecular formula is C12H18N2O2. The van der Waals surface area contributed by atoms with Crippen molar-refractivity contribution in [3.63, 3.8) is 0 Å². The molecule has 1 aromatic rings. The number of nitrogens with one attached hydrogen (secondary N) is 1. The van der Waals surface area contributed by atoms with Crippen molar-refractivity contribution in [3.05, 3.63) is 23.8 Å². The van der Waals surface area contributed by atoms with Gasteiger partial charge in [-0.1, -0.05) is 6.07 Å². The SMILES string of the molecule is NCCNCCc1ccc2c(c1)OCCO2. The molecule has 1 aliphatic heterocycles. The van der Waals surface area contributed by atoms with E-state index in [0.717, 1.165) is 31.0 Å². The predicted molar refractivity (Wildman–Crippen MR) is 63.1 cm³/mol. The van der Waals surface area contributed by atoms with Crippen molar-refractivity contribution in [1.29, 1.82) is 0 Å². The molecule has 1 aliphatic rings. The third kappa shape index (κ3) is 2.87. The average molecular weight is 222 g/mol. The summed E-state index contributed by atoms with van der Waals surface area (Å²) in [4.78, 5) is 0. The Kier molecular flexibility index (Phi) is 4.02. The highest BCUT2D eigenvalue weighted by atomic mass is 16.6. The first-order valence-electron chi connectivity index (χ1n) is 5.69. The van der Waals surface area contributed by atoms with E-state index in [1.54, 1.807) is 0 Å². The van der Waals surface area contributed by atoms with Gasteiger partial charge in [0.05, 0.1) is 0 Å². The van der Waals surface area contributed by atoms with Gasteiger partial charge in [0.15, 0.2) is 11.5 Å². The van der Waals surface area contributed by atoms with Gasteiger partial charge in [0.1, 0.15) is 13.2 Å². The van der Waals surface area contributed by atoms with Gasteiger partial charge >= 0.3 is 0 Å². The largest absolute Gasteiger partial charge is 0.486 e. The lowest BCUT2D eigenvalue weighted by Crippen LogP contribution is -2.24. The summed E-state index contributed by atoms with van der Waals surface area (Å²) < 4.78 is 11.0. The van der Waals surface area contributed by atoms with Crippen LogP contribution in [-0.4, -0.2) is 32.8 Å². The molecule has 0 aliphatic carbocycles. The van der Waals surface area contributed by atoms with E-state index >= 15 is 0 Å². The third-order valence-corrected chi connectivity index (χ3v) is 2.52. The lowest BCUT2D eigenvalue weighted by molar-refractivity contribution is 0.171. The maximum atomic E-state index is 5.53. The number of hydrogen-bond donors (Lipinski definition) is 2. The van der Waals surface area contributed by atoms with Crippen molar-refractivity contribution < 1.29 is 9.47 Å². The Morgan fingerprint density at radius 1 is 1.12 bits per heavy atom. The number of hydrogen-bond acceptors (Lipinski definition) is 4. The van der Waals surface area contributed by atoms with Crippen LogP contribution in [0.3, 0.4) is 0 Å². The van der Waals surface area contributed by atoms with Gasteiger partial charge in [-0.15, -0.1) is 0 Å². The Morgan fingerprint density at radius 2 is 1.94 bits per heavy atom. The monoisotopic (exact) mass is 222 g/mol. The van der Waals surface area contributed by atoms with Crippen LogP contribution in [0.5, 0.6) is 11.5 Å². The van der Waals surface area contributed by atoms with E-state index in [1.165, 1.54) is 5.56 Å². The third-order valence-electron chi connectivity index (χ3n) is 2.52. The van der Waals surface area contributed by atoms with Gasteiger partial charge < -0.3 is 20.5 Å². The molecule has 0 atom stereocenters. The summed E-state index contributed by atoms with van der Waals surface area (Å²) in [5.41, 5.74) is 6.66. The average Bonchev–Trinajstić information content (AvgIpc) is 2.34. The van der Waals surface area contributed by atoms with E-state index in [2.05, 4.69) is 17.4 Å². The van der Waals surface area contributed by atoms with Gasteiger partial charge in [-0.3, -0.25) is 0 Å². The van der Waals surface area contributed by atoms with Crippen LogP contribution in [0.1, 0.15) is 5.56 Å². The first-order chi connectivity index (χ1) is 7.90. The van der Waals surface area contributed by atoms with E-state index in [1.807, 2.05) is 6.07 Å². The second kappa shape index (κ2) is 5.72. The highest BCUT2D eigenvalue weighted by molar-refractivity contribution is 5.43. The molecule has 0 radical (unpaired) electrons. The normalized spacial score (nSPS) is 13.8. The molecular weight excluding hydrogens is 204 g/mol. The Bertz CT molecular complexity index is 342. The summed E-state index contributed by atoms with van der Waals surface area (Å²) in [5.74, 6) is 1.72. The molecule has 1 aromatic carbocycles. The Labute approximate surface area is 95.7 Å². The van der Waals surface area contributed by atoms with E-state index in [9.17, 15) is 0 Å². The van der Waals surface area contributed by atoms with Gasteiger partial charge in [0, 0.05) is 13.1 Å². The van der Waals surface area contributed by atoms with E-state index in [0.29, 0.717) is 19.8 Å². The molecule has 4 heteroatoms. The van der Waals surface area contributed by atoms with Gasteiger partial charge in [-0.2, -0.15) is 0 Å². The lowest BCUT2D eigenvalue weighted by atomic mass is 10.1. The maximum absolute atomic E-state index is 5.53. The van der Waals surface area contributed by atoms with Crippen molar-refractivity contribution in [2.75, 3.05) is 32.8 Å². The Balaban J connectivity index is 1.90. The van der Waals surface area contributed by atoms with Crippen molar-refractivity contribution in [2.24, 2.45) is 5.73 Å². The minimum atomic E-state index is 0.641. The lowest BCUT2D eigenvalue weighted by Gasteiger charge is -2.18. The van der Waals surface area contributed by atoms with Gasteiger partial charge in [-0.25, -0.2) is 0 Å². The van der Waals surface area contributed by atoms with Crippen molar-refractivity contribution in [1.82, 2.24) is 5.32 Å². The molecule has 0 bridgehead atoms. The highest BCUT2D eigenvalue weighted by Crippen LogP contribution is 2.30. The van der Waals surface area contributed by atoms with Crippen molar-refractivity contribution in [3.8, 4) is 11.5 Å². The van der Waals surface area contributed by atoms with Crippen LogP contribution in [0.2, 0.25) is 0 Å². The zero-order valence-corrected chi connectivity index (χ0v) is 9.37. The van der Waals surface area contributed by atoms with Crippen LogP contribution in [0.25, 0.3) is 0 Å².